The van der Waals surface area contributed by atoms with Crippen LogP contribution in [0.15, 0.2) is 30.3 Å². The van der Waals surface area contributed by atoms with Crippen molar-refractivity contribution in [3.8, 4) is 0 Å². The lowest BCUT2D eigenvalue weighted by molar-refractivity contribution is -0.126. The molecule has 146 valence electrons. The number of likely N-dealkylation sites (tertiary alicyclic amines) is 1. The maximum absolute atomic E-state index is 12.9. The van der Waals surface area contributed by atoms with E-state index < -0.39 is 5.60 Å². The van der Waals surface area contributed by atoms with Gasteiger partial charge >= 0.3 is 6.09 Å². The lowest BCUT2D eigenvalue weighted by atomic mass is 9.97. The summed E-state index contributed by atoms with van der Waals surface area (Å²) in [7, 11) is 0. The van der Waals surface area contributed by atoms with Gasteiger partial charge < -0.3 is 10.1 Å². The summed E-state index contributed by atoms with van der Waals surface area (Å²) in [5.74, 6) is 0.969. The number of hydrogen-bond acceptors (Lipinski definition) is 3. The first-order chi connectivity index (χ1) is 12.8. The molecule has 2 saturated carbocycles. The topological polar surface area (TPSA) is 58.6 Å². The molecular formula is C22H30N2O3. The summed E-state index contributed by atoms with van der Waals surface area (Å²) in [6, 6.07) is 10.5. The molecule has 27 heavy (non-hydrogen) atoms. The van der Waals surface area contributed by atoms with Gasteiger partial charge in [-0.1, -0.05) is 30.3 Å². The van der Waals surface area contributed by atoms with E-state index in [1.54, 1.807) is 4.90 Å². The zero-order valence-electron chi connectivity index (χ0n) is 16.5. The van der Waals surface area contributed by atoms with Crippen molar-refractivity contribution in [2.75, 3.05) is 0 Å². The molecule has 0 unspecified atom stereocenters. The van der Waals surface area contributed by atoms with Gasteiger partial charge in [0.15, 0.2) is 0 Å². The third-order valence-electron chi connectivity index (χ3n) is 6.06. The van der Waals surface area contributed by atoms with Crippen LogP contribution in [0.4, 0.5) is 4.79 Å². The van der Waals surface area contributed by atoms with Gasteiger partial charge in [0, 0.05) is 12.1 Å². The zero-order valence-corrected chi connectivity index (χ0v) is 16.5. The van der Waals surface area contributed by atoms with Crippen molar-refractivity contribution in [3.63, 3.8) is 0 Å². The monoisotopic (exact) mass is 370 g/mol. The summed E-state index contributed by atoms with van der Waals surface area (Å²) >= 11 is 0. The standard InChI is InChI=1S/C22H30N2O3/c1-22(2,3)27-21(26)24-18-12-16(18)13-19(24)20(25)23-17-10-9-15(11-17)14-7-5-4-6-8-14/h4-8,15-19H,9-13H2,1-3H3,(H,23,25)/t15-,16-,17-,18-,19+/m1/s1. The number of rotatable bonds is 3. The highest BCUT2D eigenvalue weighted by molar-refractivity contribution is 5.87. The first kappa shape index (κ1) is 18.3. The van der Waals surface area contributed by atoms with Crippen LogP contribution >= 0.6 is 0 Å². The quantitative estimate of drug-likeness (QED) is 0.879. The lowest BCUT2D eigenvalue weighted by Crippen LogP contribution is -2.51. The van der Waals surface area contributed by atoms with E-state index >= 15 is 0 Å². The Kier molecular flexibility index (Phi) is 4.65. The van der Waals surface area contributed by atoms with Crippen LogP contribution in [0.2, 0.25) is 0 Å². The Morgan fingerprint density at radius 1 is 1.07 bits per heavy atom. The normalized spacial score (nSPS) is 32.1. The second-order valence-corrected chi connectivity index (χ2v) is 9.33. The Hall–Kier alpha value is -2.04. The minimum absolute atomic E-state index is 0.00762. The molecule has 1 aliphatic heterocycles. The van der Waals surface area contributed by atoms with E-state index in [-0.39, 0.29) is 30.1 Å². The molecule has 3 fully saturated rings. The van der Waals surface area contributed by atoms with Gasteiger partial charge in [0.05, 0.1) is 0 Å². The first-order valence-electron chi connectivity index (χ1n) is 10.2. The van der Waals surface area contributed by atoms with Gasteiger partial charge in [-0.05, 0) is 70.3 Å². The van der Waals surface area contributed by atoms with Crippen LogP contribution in [0.25, 0.3) is 0 Å². The first-order valence-corrected chi connectivity index (χ1v) is 10.2. The number of piperidine rings is 1. The average Bonchev–Trinajstić information content (AvgIpc) is 3.04. The van der Waals surface area contributed by atoms with E-state index in [0.717, 1.165) is 32.1 Å². The molecule has 1 aromatic carbocycles. The van der Waals surface area contributed by atoms with Crippen molar-refractivity contribution in [1.82, 2.24) is 10.2 Å². The van der Waals surface area contributed by atoms with E-state index in [4.69, 9.17) is 4.74 Å². The van der Waals surface area contributed by atoms with Gasteiger partial charge in [-0.3, -0.25) is 9.69 Å². The number of benzene rings is 1. The van der Waals surface area contributed by atoms with E-state index in [9.17, 15) is 9.59 Å². The Balaban J connectivity index is 1.36. The number of amides is 2. The van der Waals surface area contributed by atoms with Crippen LogP contribution in [0, 0.1) is 5.92 Å². The second-order valence-electron chi connectivity index (χ2n) is 9.33. The predicted molar refractivity (Wildman–Crippen MR) is 103 cm³/mol. The second kappa shape index (κ2) is 6.84. The summed E-state index contributed by atoms with van der Waals surface area (Å²) in [6.07, 6.45) is 4.49. The fourth-order valence-corrected chi connectivity index (χ4v) is 4.71. The molecule has 0 aromatic heterocycles. The number of carbonyl (C=O) groups excluding carboxylic acids is 2. The minimum atomic E-state index is -0.542. The number of nitrogens with one attached hydrogen (secondary N) is 1. The molecule has 0 spiro atoms. The third-order valence-corrected chi connectivity index (χ3v) is 6.06. The van der Waals surface area contributed by atoms with Gasteiger partial charge in [-0.2, -0.15) is 0 Å². The van der Waals surface area contributed by atoms with E-state index in [1.165, 1.54) is 5.56 Å². The Bertz CT molecular complexity index is 712. The highest BCUT2D eigenvalue weighted by atomic mass is 16.6. The summed E-state index contributed by atoms with van der Waals surface area (Å²) in [5.41, 5.74) is 0.811. The Labute approximate surface area is 161 Å². The molecule has 5 heteroatoms. The van der Waals surface area contributed by atoms with Crippen molar-refractivity contribution in [2.24, 2.45) is 5.92 Å². The zero-order chi connectivity index (χ0) is 19.2. The Morgan fingerprint density at radius 3 is 2.52 bits per heavy atom. The molecule has 1 aromatic rings. The van der Waals surface area contributed by atoms with Crippen molar-refractivity contribution in [2.45, 2.75) is 82.5 Å². The average molecular weight is 370 g/mol. The van der Waals surface area contributed by atoms with Gasteiger partial charge in [0.25, 0.3) is 0 Å². The maximum Gasteiger partial charge on any atom is 0.411 e. The van der Waals surface area contributed by atoms with Crippen LogP contribution in [0.5, 0.6) is 0 Å². The highest BCUT2D eigenvalue weighted by Gasteiger charge is 2.57. The number of fused-ring (bicyclic) bond motifs is 1. The maximum atomic E-state index is 12.9. The molecule has 1 saturated heterocycles. The van der Waals surface area contributed by atoms with Crippen molar-refractivity contribution in [3.05, 3.63) is 35.9 Å². The smallest absolute Gasteiger partial charge is 0.411 e. The fraction of sp³-hybridized carbons (Fsp3) is 0.636. The number of ether oxygens (including phenoxy) is 1. The van der Waals surface area contributed by atoms with Gasteiger partial charge in [-0.15, -0.1) is 0 Å². The largest absolute Gasteiger partial charge is 0.444 e. The molecule has 0 radical (unpaired) electrons. The third kappa shape index (κ3) is 3.97. The van der Waals surface area contributed by atoms with Crippen molar-refractivity contribution < 1.29 is 14.3 Å². The molecule has 4 rings (SSSR count). The van der Waals surface area contributed by atoms with E-state index in [0.29, 0.717) is 11.8 Å². The summed E-state index contributed by atoms with van der Waals surface area (Å²) in [4.78, 5) is 27.2. The summed E-state index contributed by atoms with van der Waals surface area (Å²) < 4.78 is 5.55. The van der Waals surface area contributed by atoms with Crippen LogP contribution in [-0.2, 0) is 9.53 Å². The van der Waals surface area contributed by atoms with Crippen molar-refractivity contribution in [1.29, 1.82) is 0 Å². The predicted octanol–water partition coefficient (Wildman–Crippen LogP) is 3.84. The summed E-state index contributed by atoms with van der Waals surface area (Å²) in [5, 5.41) is 3.22. The highest BCUT2D eigenvalue weighted by Crippen LogP contribution is 2.48. The molecule has 2 amide bonds. The van der Waals surface area contributed by atoms with Gasteiger partial charge in [0.2, 0.25) is 5.91 Å². The van der Waals surface area contributed by atoms with Crippen LogP contribution in [0.1, 0.15) is 64.4 Å². The van der Waals surface area contributed by atoms with Crippen LogP contribution < -0.4 is 5.32 Å². The SMILES string of the molecule is CC(C)(C)OC(=O)N1[C@@H]2C[C@@H]2C[C@H]1C(=O)N[C@@H]1CC[C@@H](c2ccccc2)C1. The summed E-state index contributed by atoms with van der Waals surface area (Å²) in [6.45, 7) is 5.59. The molecule has 0 bridgehead atoms. The molecule has 3 aliphatic rings. The van der Waals surface area contributed by atoms with Crippen LogP contribution in [-0.4, -0.2) is 40.6 Å². The number of carbonyl (C=O) groups is 2. The molecule has 5 atom stereocenters. The van der Waals surface area contributed by atoms with Crippen LogP contribution in [0.3, 0.4) is 0 Å². The molecule has 1 heterocycles. The van der Waals surface area contributed by atoms with E-state index in [2.05, 4.69) is 29.6 Å². The van der Waals surface area contributed by atoms with Crippen molar-refractivity contribution >= 4 is 12.0 Å². The molecule has 5 nitrogen and oxygen atoms in total. The molecular weight excluding hydrogens is 340 g/mol. The fourth-order valence-electron chi connectivity index (χ4n) is 4.71. The lowest BCUT2D eigenvalue weighted by Gasteiger charge is -2.30. The minimum Gasteiger partial charge on any atom is -0.444 e. The Morgan fingerprint density at radius 2 is 1.81 bits per heavy atom. The molecule has 2 aliphatic carbocycles. The number of hydrogen-bond donors (Lipinski definition) is 1. The van der Waals surface area contributed by atoms with Gasteiger partial charge in [0.1, 0.15) is 11.6 Å². The van der Waals surface area contributed by atoms with Gasteiger partial charge in [-0.25, -0.2) is 4.79 Å². The molecule has 1 N–H and O–H groups in total. The van der Waals surface area contributed by atoms with E-state index in [1.807, 2.05) is 26.8 Å². The number of nitrogens with zero attached hydrogens (tertiary/aromatic N) is 1.